The van der Waals surface area contributed by atoms with Crippen molar-refractivity contribution in [2.24, 2.45) is 0 Å². The van der Waals surface area contributed by atoms with Crippen LogP contribution >= 0.6 is 0 Å². The average molecular weight is 223 g/mol. The monoisotopic (exact) mass is 223 g/mol. The van der Waals surface area contributed by atoms with Gasteiger partial charge in [0.2, 0.25) is 0 Å². The first kappa shape index (κ1) is 11.5. The first-order valence-corrected chi connectivity index (χ1v) is 5.73. The van der Waals surface area contributed by atoms with E-state index in [1.54, 1.807) is 0 Å². The molecule has 1 atom stereocenters. The van der Waals surface area contributed by atoms with Gasteiger partial charge in [0.05, 0.1) is 17.2 Å². The molecule has 0 bridgehead atoms. The van der Waals surface area contributed by atoms with Crippen molar-refractivity contribution < 1.29 is 4.74 Å². The molecule has 0 spiro atoms. The van der Waals surface area contributed by atoms with E-state index in [1.165, 1.54) is 0 Å². The van der Waals surface area contributed by atoms with Crippen LogP contribution in [0.5, 0.6) is 0 Å². The van der Waals surface area contributed by atoms with E-state index >= 15 is 0 Å². The highest BCUT2D eigenvalue weighted by molar-refractivity contribution is 5.36. The van der Waals surface area contributed by atoms with Gasteiger partial charge in [-0.05, 0) is 34.6 Å². The molecule has 0 radical (unpaired) electrons. The zero-order valence-corrected chi connectivity index (χ0v) is 10.7. The second-order valence-corrected chi connectivity index (χ2v) is 5.86. The number of hydrogen-bond donors (Lipinski definition) is 1. The van der Waals surface area contributed by atoms with Crippen LogP contribution in [-0.4, -0.2) is 21.0 Å². The Hall–Kier alpha value is -1.03. The summed E-state index contributed by atoms with van der Waals surface area (Å²) in [7, 11) is 0. The summed E-state index contributed by atoms with van der Waals surface area (Å²) in [5.74, 6) is 0.612. The quantitative estimate of drug-likeness (QED) is 0.794. The zero-order valence-electron chi connectivity index (χ0n) is 10.7. The van der Waals surface area contributed by atoms with Crippen LogP contribution in [0.3, 0.4) is 0 Å². The molecule has 2 heterocycles. The lowest BCUT2D eigenvalue weighted by atomic mass is 9.95. The molecular weight excluding hydrogens is 202 g/mol. The number of nitrogens with two attached hydrogens (primary N) is 1. The molecule has 4 heteroatoms. The van der Waals surface area contributed by atoms with E-state index in [9.17, 15) is 0 Å². The van der Waals surface area contributed by atoms with Crippen LogP contribution < -0.4 is 5.73 Å². The standard InChI is InChI=1S/C12H21N3O/c1-8-7-15(14-10(8)13)9-6-11(2,3)16-12(9,4)5/h7,9H,6H2,1-5H3,(H2,13,14). The Labute approximate surface area is 96.8 Å². The molecule has 0 aliphatic carbocycles. The molecule has 0 aromatic carbocycles. The number of ether oxygens (including phenoxy) is 1. The van der Waals surface area contributed by atoms with Crippen LogP contribution in [0.1, 0.15) is 45.7 Å². The minimum absolute atomic E-state index is 0.0945. The third kappa shape index (κ3) is 1.82. The van der Waals surface area contributed by atoms with Gasteiger partial charge in [0.1, 0.15) is 5.82 Å². The Kier molecular flexibility index (Phi) is 2.31. The summed E-state index contributed by atoms with van der Waals surface area (Å²) < 4.78 is 8.01. The molecule has 1 unspecified atom stereocenters. The van der Waals surface area contributed by atoms with E-state index in [-0.39, 0.29) is 17.2 Å². The maximum absolute atomic E-state index is 6.05. The maximum Gasteiger partial charge on any atom is 0.148 e. The number of hydrogen-bond acceptors (Lipinski definition) is 3. The Morgan fingerprint density at radius 2 is 2.06 bits per heavy atom. The molecule has 2 N–H and O–H groups in total. The molecule has 16 heavy (non-hydrogen) atoms. The van der Waals surface area contributed by atoms with E-state index < -0.39 is 0 Å². The molecule has 2 rings (SSSR count). The SMILES string of the molecule is Cc1cn(C2CC(C)(C)OC2(C)C)nc1N. The van der Waals surface area contributed by atoms with E-state index in [1.807, 2.05) is 17.8 Å². The number of nitrogen functional groups attached to an aromatic ring is 1. The van der Waals surface area contributed by atoms with Crippen molar-refractivity contribution in [1.29, 1.82) is 0 Å². The van der Waals surface area contributed by atoms with E-state index in [0.717, 1.165) is 12.0 Å². The second kappa shape index (κ2) is 3.23. The zero-order chi connectivity index (χ0) is 12.1. The number of rotatable bonds is 1. The third-order valence-corrected chi connectivity index (χ3v) is 3.30. The fourth-order valence-corrected chi connectivity index (χ4v) is 2.60. The van der Waals surface area contributed by atoms with Crippen molar-refractivity contribution in [2.75, 3.05) is 5.73 Å². The van der Waals surface area contributed by atoms with Crippen LogP contribution in [0.25, 0.3) is 0 Å². The normalized spacial score (nSPS) is 27.2. The van der Waals surface area contributed by atoms with E-state index in [0.29, 0.717) is 5.82 Å². The molecule has 90 valence electrons. The van der Waals surface area contributed by atoms with Crippen LogP contribution in [0.4, 0.5) is 5.82 Å². The lowest BCUT2D eigenvalue weighted by Crippen LogP contribution is -2.31. The predicted octanol–water partition coefficient (Wildman–Crippen LogP) is 2.29. The summed E-state index contributed by atoms with van der Waals surface area (Å²) >= 11 is 0. The fourth-order valence-electron chi connectivity index (χ4n) is 2.60. The molecule has 1 aliphatic heterocycles. The van der Waals surface area contributed by atoms with Crippen molar-refractivity contribution in [1.82, 2.24) is 9.78 Å². The van der Waals surface area contributed by atoms with E-state index in [2.05, 4.69) is 32.8 Å². The molecule has 1 fully saturated rings. The first-order chi connectivity index (χ1) is 7.21. The minimum Gasteiger partial charge on any atom is -0.382 e. The molecule has 0 saturated carbocycles. The van der Waals surface area contributed by atoms with Gasteiger partial charge in [0.25, 0.3) is 0 Å². The Bertz CT molecular complexity index is 387. The van der Waals surface area contributed by atoms with Gasteiger partial charge in [0, 0.05) is 18.2 Å². The Morgan fingerprint density at radius 3 is 2.44 bits per heavy atom. The second-order valence-electron chi connectivity index (χ2n) is 5.86. The van der Waals surface area contributed by atoms with Gasteiger partial charge in [-0.1, -0.05) is 0 Å². The minimum atomic E-state index is -0.200. The van der Waals surface area contributed by atoms with Gasteiger partial charge in [0.15, 0.2) is 0 Å². The summed E-state index contributed by atoms with van der Waals surface area (Å²) in [4.78, 5) is 0. The molecule has 1 aromatic heterocycles. The van der Waals surface area contributed by atoms with Crippen molar-refractivity contribution in [3.8, 4) is 0 Å². The lowest BCUT2D eigenvalue weighted by molar-refractivity contribution is -0.0737. The van der Waals surface area contributed by atoms with Gasteiger partial charge >= 0.3 is 0 Å². The summed E-state index contributed by atoms with van der Waals surface area (Å²) in [6.45, 7) is 10.4. The maximum atomic E-state index is 6.05. The summed E-state index contributed by atoms with van der Waals surface area (Å²) in [5.41, 5.74) is 6.53. The average Bonchev–Trinajstić information content (AvgIpc) is 2.50. The summed E-state index contributed by atoms with van der Waals surface area (Å²) in [6.07, 6.45) is 2.97. The van der Waals surface area contributed by atoms with Gasteiger partial charge in [-0.2, -0.15) is 5.10 Å². The third-order valence-electron chi connectivity index (χ3n) is 3.30. The number of anilines is 1. The van der Waals surface area contributed by atoms with Crippen molar-refractivity contribution in [3.63, 3.8) is 0 Å². The topological polar surface area (TPSA) is 53.1 Å². The fraction of sp³-hybridized carbons (Fsp3) is 0.750. The van der Waals surface area contributed by atoms with Crippen LogP contribution in [-0.2, 0) is 4.74 Å². The Balaban J connectivity index is 2.34. The van der Waals surface area contributed by atoms with Crippen molar-refractivity contribution >= 4 is 5.82 Å². The van der Waals surface area contributed by atoms with Crippen LogP contribution in [0.2, 0.25) is 0 Å². The summed E-state index contributed by atoms with van der Waals surface area (Å²) in [6, 6.07) is 0.249. The predicted molar refractivity (Wildman–Crippen MR) is 64.3 cm³/mol. The Morgan fingerprint density at radius 1 is 1.44 bits per heavy atom. The molecule has 1 aromatic rings. The highest BCUT2D eigenvalue weighted by Crippen LogP contribution is 2.44. The number of aryl methyl sites for hydroxylation is 1. The molecule has 1 saturated heterocycles. The van der Waals surface area contributed by atoms with Gasteiger partial charge in [-0.15, -0.1) is 0 Å². The smallest absolute Gasteiger partial charge is 0.148 e. The summed E-state index contributed by atoms with van der Waals surface area (Å²) in [5, 5.41) is 4.37. The lowest BCUT2D eigenvalue weighted by Gasteiger charge is -2.27. The van der Waals surface area contributed by atoms with E-state index in [4.69, 9.17) is 10.5 Å². The van der Waals surface area contributed by atoms with Gasteiger partial charge in [-0.3, -0.25) is 4.68 Å². The highest BCUT2D eigenvalue weighted by atomic mass is 16.5. The largest absolute Gasteiger partial charge is 0.382 e. The van der Waals surface area contributed by atoms with Crippen LogP contribution in [0.15, 0.2) is 6.20 Å². The molecule has 4 nitrogen and oxygen atoms in total. The van der Waals surface area contributed by atoms with Crippen molar-refractivity contribution in [3.05, 3.63) is 11.8 Å². The first-order valence-electron chi connectivity index (χ1n) is 5.73. The van der Waals surface area contributed by atoms with Crippen LogP contribution in [0, 0.1) is 6.92 Å². The number of aromatic nitrogens is 2. The van der Waals surface area contributed by atoms with Gasteiger partial charge in [-0.25, -0.2) is 0 Å². The van der Waals surface area contributed by atoms with Crippen molar-refractivity contribution in [2.45, 2.75) is 58.3 Å². The number of nitrogens with zero attached hydrogens (tertiary/aromatic N) is 2. The van der Waals surface area contributed by atoms with Gasteiger partial charge < -0.3 is 10.5 Å². The molecular formula is C12H21N3O. The molecule has 0 amide bonds. The molecule has 1 aliphatic rings. The highest BCUT2D eigenvalue weighted by Gasteiger charge is 2.47.